The van der Waals surface area contributed by atoms with Gasteiger partial charge in [-0.25, -0.2) is 13.4 Å². The molecule has 0 bridgehead atoms. The van der Waals surface area contributed by atoms with Crippen molar-refractivity contribution >= 4 is 43.2 Å². The summed E-state index contributed by atoms with van der Waals surface area (Å²) < 4.78 is 26.0. The van der Waals surface area contributed by atoms with Crippen molar-refractivity contribution < 1.29 is 8.42 Å². The minimum Gasteiger partial charge on any atom is -0.308 e. The Morgan fingerprint density at radius 2 is 2.24 bits per heavy atom. The molecule has 21 heavy (non-hydrogen) atoms. The number of nitrogens with zero attached hydrogens (tertiary/aromatic N) is 2. The molecule has 0 saturated carbocycles. The number of aromatic nitrogens is 2. The molecule has 0 radical (unpaired) electrons. The standard InChI is InChI=1S/C12H16ClN3O3S2/c1-8(5-13)7-21(18,19)16(2)6-10-14-9-3-4-20-11(9)12(17)15-10/h3-4,8H,5-7H2,1-2H3,(H,14,15,17). The Balaban J connectivity index is 2.21. The van der Waals surface area contributed by atoms with E-state index in [-0.39, 0.29) is 29.7 Å². The summed E-state index contributed by atoms with van der Waals surface area (Å²) in [6.07, 6.45) is 0. The van der Waals surface area contributed by atoms with Gasteiger partial charge < -0.3 is 4.98 Å². The van der Waals surface area contributed by atoms with E-state index < -0.39 is 10.0 Å². The second-order valence-corrected chi connectivity index (χ2v) is 8.29. The Morgan fingerprint density at radius 3 is 2.90 bits per heavy atom. The van der Waals surface area contributed by atoms with Crippen LogP contribution in [0.2, 0.25) is 0 Å². The molecule has 0 aliphatic heterocycles. The van der Waals surface area contributed by atoms with Crippen LogP contribution in [0.5, 0.6) is 0 Å². The summed E-state index contributed by atoms with van der Waals surface area (Å²) in [6, 6.07) is 1.74. The first-order valence-electron chi connectivity index (χ1n) is 6.30. The van der Waals surface area contributed by atoms with Crippen molar-refractivity contribution in [3.8, 4) is 0 Å². The van der Waals surface area contributed by atoms with Crippen molar-refractivity contribution in [3.63, 3.8) is 0 Å². The van der Waals surface area contributed by atoms with Gasteiger partial charge in [-0.1, -0.05) is 6.92 Å². The molecule has 2 rings (SSSR count). The first kappa shape index (κ1) is 16.4. The molecular formula is C12H16ClN3O3S2. The fourth-order valence-electron chi connectivity index (χ4n) is 1.84. The molecule has 0 fully saturated rings. The number of hydrogen-bond acceptors (Lipinski definition) is 5. The average Bonchev–Trinajstić information content (AvgIpc) is 2.86. The zero-order valence-corrected chi connectivity index (χ0v) is 14.1. The van der Waals surface area contributed by atoms with Crippen molar-refractivity contribution in [2.75, 3.05) is 18.7 Å². The lowest BCUT2D eigenvalue weighted by molar-refractivity contribution is 0.451. The van der Waals surface area contributed by atoms with Crippen LogP contribution < -0.4 is 5.56 Å². The molecule has 2 heterocycles. The summed E-state index contributed by atoms with van der Waals surface area (Å²) in [6.45, 7) is 1.80. The predicted molar refractivity (Wildman–Crippen MR) is 85.4 cm³/mol. The molecule has 0 aliphatic carbocycles. The van der Waals surface area contributed by atoms with Gasteiger partial charge in [0.15, 0.2) is 0 Å². The minimum absolute atomic E-state index is 0.0262. The Hall–Kier alpha value is -0.960. The maximum absolute atomic E-state index is 12.2. The highest BCUT2D eigenvalue weighted by molar-refractivity contribution is 7.89. The van der Waals surface area contributed by atoms with Crippen molar-refractivity contribution in [2.45, 2.75) is 13.5 Å². The molecule has 6 nitrogen and oxygen atoms in total. The Morgan fingerprint density at radius 1 is 1.52 bits per heavy atom. The maximum atomic E-state index is 12.2. The van der Waals surface area contributed by atoms with E-state index >= 15 is 0 Å². The predicted octanol–water partition coefficient (Wildman–Crippen LogP) is 1.62. The first-order valence-corrected chi connectivity index (χ1v) is 9.32. The molecule has 0 aliphatic rings. The molecule has 0 spiro atoms. The van der Waals surface area contributed by atoms with Gasteiger partial charge in [-0.3, -0.25) is 4.79 Å². The maximum Gasteiger partial charge on any atom is 0.268 e. The van der Waals surface area contributed by atoms with Crippen LogP contribution in [-0.4, -0.2) is 41.4 Å². The van der Waals surface area contributed by atoms with E-state index in [0.29, 0.717) is 16.0 Å². The number of rotatable bonds is 6. The number of nitrogens with one attached hydrogen (secondary N) is 1. The summed E-state index contributed by atoms with van der Waals surface area (Å²) in [4.78, 5) is 18.7. The van der Waals surface area contributed by atoms with Crippen LogP contribution in [0, 0.1) is 5.92 Å². The number of hydrogen-bond donors (Lipinski definition) is 1. The summed E-state index contributed by atoms with van der Waals surface area (Å²) in [7, 11) is -1.97. The Bertz CT molecular complexity index is 784. The van der Waals surface area contributed by atoms with Gasteiger partial charge in [-0.15, -0.1) is 22.9 Å². The van der Waals surface area contributed by atoms with E-state index in [0.717, 1.165) is 0 Å². The highest BCUT2D eigenvalue weighted by Crippen LogP contribution is 2.15. The van der Waals surface area contributed by atoms with Crippen LogP contribution in [0.3, 0.4) is 0 Å². The molecule has 9 heteroatoms. The number of fused-ring (bicyclic) bond motifs is 1. The van der Waals surface area contributed by atoms with E-state index in [1.807, 2.05) is 0 Å². The molecule has 1 unspecified atom stereocenters. The molecular weight excluding hydrogens is 334 g/mol. The smallest absolute Gasteiger partial charge is 0.268 e. The van der Waals surface area contributed by atoms with Gasteiger partial charge in [0, 0.05) is 12.9 Å². The quantitative estimate of drug-likeness (QED) is 0.803. The summed E-state index contributed by atoms with van der Waals surface area (Å²) in [5.74, 6) is 0.446. The molecule has 0 aromatic carbocycles. The Labute approximate surface area is 131 Å². The molecule has 0 amide bonds. The van der Waals surface area contributed by atoms with Crippen molar-refractivity contribution in [1.29, 1.82) is 0 Å². The van der Waals surface area contributed by atoms with Crippen LogP contribution in [0.25, 0.3) is 10.2 Å². The number of thiophene rings is 1. The van der Waals surface area contributed by atoms with E-state index in [2.05, 4.69) is 9.97 Å². The summed E-state index contributed by atoms with van der Waals surface area (Å²) in [5, 5.41) is 1.78. The topological polar surface area (TPSA) is 83.1 Å². The van der Waals surface area contributed by atoms with Gasteiger partial charge in [0.1, 0.15) is 10.5 Å². The van der Waals surface area contributed by atoms with Crippen molar-refractivity contribution in [1.82, 2.24) is 14.3 Å². The molecule has 2 aromatic rings. The zero-order chi connectivity index (χ0) is 15.6. The van der Waals surface area contributed by atoms with Crippen LogP contribution >= 0.6 is 22.9 Å². The normalized spacial score (nSPS) is 13.9. The molecule has 0 saturated heterocycles. The molecule has 1 atom stereocenters. The highest BCUT2D eigenvalue weighted by Gasteiger charge is 2.22. The number of H-pyrrole nitrogens is 1. The van der Waals surface area contributed by atoms with Crippen molar-refractivity contribution in [3.05, 3.63) is 27.6 Å². The van der Waals surface area contributed by atoms with Crippen LogP contribution in [-0.2, 0) is 16.6 Å². The van der Waals surface area contributed by atoms with Gasteiger partial charge >= 0.3 is 0 Å². The van der Waals surface area contributed by atoms with Crippen molar-refractivity contribution in [2.24, 2.45) is 5.92 Å². The monoisotopic (exact) mass is 349 g/mol. The molecule has 2 aromatic heterocycles. The second-order valence-electron chi connectivity index (χ2n) is 4.94. The lowest BCUT2D eigenvalue weighted by atomic mass is 10.3. The van der Waals surface area contributed by atoms with Gasteiger partial charge in [-0.05, 0) is 17.4 Å². The van der Waals surface area contributed by atoms with E-state index in [1.54, 1.807) is 18.4 Å². The van der Waals surface area contributed by atoms with E-state index in [4.69, 9.17) is 11.6 Å². The Kier molecular flexibility index (Phi) is 5.03. The third-order valence-electron chi connectivity index (χ3n) is 2.97. The fraction of sp³-hybridized carbons (Fsp3) is 0.500. The number of alkyl halides is 1. The first-order chi connectivity index (χ1) is 9.83. The number of sulfonamides is 1. The largest absolute Gasteiger partial charge is 0.308 e. The SMILES string of the molecule is CC(CCl)CS(=O)(=O)N(C)Cc1nc2ccsc2c(=O)[nH]1. The molecule has 1 N–H and O–H groups in total. The van der Waals surface area contributed by atoms with Gasteiger partial charge in [-0.2, -0.15) is 4.31 Å². The van der Waals surface area contributed by atoms with Gasteiger partial charge in [0.2, 0.25) is 10.0 Å². The van der Waals surface area contributed by atoms with E-state index in [1.165, 1.54) is 22.7 Å². The van der Waals surface area contributed by atoms with Crippen LogP contribution in [0.4, 0.5) is 0 Å². The average molecular weight is 350 g/mol. The van der Waals surface area contributed by atoms with E-state index in [9.17, 15) is 13.2 Å². The molecule has 116 valence electrons. The lowest BCUT2D eigenvalue weighted by Crippen LogP contribution is -2.32. The van der Waals surface area contributed by atoms with Gasteiger partial charge in [0.25, 0.3) is 5.56 Å². The second kappa shape index (κ2) is 6.43. The number of aromatic amines is 1. The van der Waals surface area contributed by atoms with Gasteiger partial charge in [0.05, 0.1) is 17.8 Å². The van der Waals surface area contributed by atoms with Crippen LogP contribution in [0.15, 0.2) is 16.2 Å². The third-order valence-corrected chi connectivity index (χ3v) is 6.47. The van der Waals surface area contributed by atoms with Crippen LogP contribution in [0.1, 0.15) is 12.7 Å². The lowest BCUT2D eigenvalue weighted by Gasteiger charge is -2.18. The fourth-order valence-corrected chi connectivity index (χ4v) is 4.21. The summed E-state index contributed by atoms with van der Waals surface area (Å²) >= 11 is 6.96. The zero-order valence-electron chi connectivity index (χ0n) is 11.7. The minimum atomic E-state index is -3.43. The third kappa shape index (κ3) is 3.82. The summed E-state index contributed by atoms with van der Waals surface area (Å²) in [5.41, 5.74) is 0.337. The highest BCUT2D eigenvalue weighted by atomic mass is 35.5. The number of halogens is 1.